The van der Waals surface area contributed by atoms with Crippen molar-refractivity contribution in [1.82, 2.24) is 10.2 Å². The maximum atomic E-state index is 12.3. The number of amides is 2. The van der Waals surface area contributed by atoms with Gasteiger partial charge in [-0.2, -0.15) is 0 Å². The average molecular weight is 248 g/mol. The van der Waals surface area contributed by atoms with Gasteiger partial charge in [0.15, 0.2) is 0 Å². The van der Waals surface area contributed by atoms with Crippen LogP contribution in [0.4, 0.5) is 0 Å². The van der Waals surface area contributed by atoms with E-state index in [1.165, 1.54) is 0 Å². The summed E-state index contributed by atoms with van der Waals surface area (Å²) in [6, 6.07) is 0. The molecule has 3 aliphatic rings. The van der Waals surface area contributed by atoms with Gasteiger partial charge in [0.2, 0.25) is 11.8 Å². The molecule has 3 rings (SSSR count). The first kappa shape index (κ1) is 11.8. The predicted octanol–water partition coefficient (Wildman–Crippen LogP) is 1.08. The van der Waals surface area contributed by atoms with Crippen molar-refractivity contribution in [2.75, 3.05) is 19.6 Å². The van der Waals surface area contributed by atoms with Gasteiger partial charge >= 0.3 is 0 Å². The smallest absolute Gasteiger partial charge is 0.226 e. The van der Waals surface area contributed by atoms with Crippen molar-refractivity contribution < 1.29 is 9.59 Å². The molecule has 2 fully saturated rings. The van der Waals surface area contributed by atoms with E-state index in [2.05, 4.69) is 17.5 Å². The highest BCUT2D eigenvalue weighted by molar-refractivity contribution is 5.81. The Hall–Kier alpha value is -1.32. The molecular weight excluding hydrogens is 228 g/mol. The Morgan fingerprint density at radius 1 is 1.28 bits per heavy atom. The van der Waals surface area contributed by atoms with Crippen LogP contribution >= 0.6 is 0 Å². The topological polar surface area (TPSA) is 49.4 Å². The molecule has 18 heavy (non-hydrogen) atoms. The second kappa shape index (κ2) is 4.41. The van der Waals surface area contributed by atoms with Crippen molar-refractivity contribution in [1.29, 1.82) is 0 Å². The number of carbonyl (C=O) groups is 2. The summed E-state index contributed by atoms with van der Waals surface area (Å²) in [5.74, 6) is 0.671. The van der Waals surface area contributed by atoms with Gasteiger partial charge in [-0.25, -0.2) is 0 Å². The van der Waals surface area contributed by atoms with Crippen LogP contribution in [0.25, 0.3) is 0 Å². The number of likely N-dealkylation sites (tertiary alicyclic amines) is 1. The number of hydrogen-bond donors (Lipinski definition) is 1. The lowest BCUT2D eigenvalue weighted by Crippen LogP contribution is -2.45. The summed E-state index contributed by atoms with van der Waals surface area (Å²) in [7, 11) is 0. The van der Waals surface area contributed by atoms with Crippen LogP contribution in [-0.2, 0) is 9.59 Å². The van der Waals surface area contributed by atoms with Gasteiger partial charge in [-0.05, 0) is 31.1 Å². The zero-order valence-corrected chi connectivity index (χ0v) is 10.7. The number of allylic oxidation sites excluding steroid dienone is 2. The summed E-state index contributed by atoms with van der Waals surface area (Å²) in [4.78, 5) is 25.6. The Labute approximate surface area is 107 Å². The average Bonchev–Trinajstić information content (AvgIpc) is 3.00. The molecule has 4 nitrogen and oxygen atoms in total. The molecule has 1 N–H and O–H groups in total. The Morgan fingerprint density at radius 3 is 2.50 bits per heavy atom. The van der Waals surface area contributed by atoms with E-state index >= 15 is 0 Å². The normalized spacial score (nSPS) is 26.9. The fourth-order valence-corrected chi connectivity index (χ4v) is 3.38. The Kier molecular flexibility index (Phi) is 2.88. The highest BCUT2D eigenvalue weighted by atomic mass is 16.2. The molecule has 1 spiro atoms. The van der Waals surface area contributed by atoms with E-state index in [0.717, 1.165) is 45.3 Å². The van der Waals surface area contributed by atoms with Crippen molar-refractivity contribution in [3.63, 3.8) is 0 Å². The van der Waals surface area contributed by atoms with Gasteiger partial charge in [-0.1, -0.05) is 12.2 Å². The quantitative estimate of drug-likeness (QED) is 0.706. The van der Waals surface area contributed by atoms with E-state index in [9.17, 15) is 9.59 Å². The maximum Gasteiger partial charge on any atom is 0.226 e. The van der Waals surface area contributed by atoms with E-state index in [4.69, 9.17) is 0 Å². The van der Waals surface area contributed by atoms with E-state index in [0.29, 0.717) is 12.3 Å². The summed E-state index contributed by atoms with van der Waals surface area (Å²) in [5, 5.41) is 2.93. The minimum absolute atomic E-state index is 0.141. The van der Waals surface area contributed by atoms with Crippen LogP contribution in [0.15, 0.2) is 12.2 Å². The minimum Gasteiger partial charge on any atom is -0.356 e. The molecule has 0 saturated carbocycles. The first-order valence-corrected chi connectivity index (χ1v) is 6.89. The van der Waals surface area contributed by atoms with Gasteiger partial charge in [0, 0.05) is 32.0 Å². The molecule has 0 unspecified atom stereocenters. The molecule has 0 atom stereocenters. The highest BCUT2D eigenvalue weighted by Crippen LogP contribution is 2.38. The third-order valence-electron chi connectivity index (χ3n) is 4.69. The SMILES string of the molecule is O=C1CC2(CCN(C(=O)C3CC=CC3)CC2)CN1. The molecule has 2 amide bonds. The maximum absolute atomic E-state index is 12.3. The summed E-state index contributed by atoms with van der Waals surface area (Å²) >= 11 is 0. The summed E-state index contributed by atoms with van der Waals surface area (Å²) in [6.07, 6.45) is 8.61. The number of hydrogen-bond acceptors (Lipinski definition) is 2. The molecule has 0 aromatic heterocycles. The molecule has 2 aliphatic heterocycles. The zero-order chi connectivity index (χ0) is 12.6. The van der Waals surface area contributed by atoms with Gasteiger partial charge in [-0.3, -0.25) is 9.59 Å². The molecule has 0 radical (unpaired) electrons. The van der Waals surface area contributed by atoms with Crippen LogP contribution < -0.4 is 5.32 Å². The van der Waals surface area contributed by atoms with Crippen LogP contribution in [0, 0.1) is 11.3 Å². The zero-order valence-electron chi connectivity index (χ0n) is 10.7. The van der Waals surface area contributed by atoms with Crippen LogP contribution in [-0.4, -0.2) is 36.3 Å². The molecule has 1 aliphatic carbocycles. The monoisotopic (exact) mass is 248 g/mol. The molecule has 4 heteroatoms. The van der Waals surface area contributed by atoms with Crippen molar-refractivity contribution in [2.24, 2.45) is 11.3 Å². The molecule has 0 aromatic rings. The number of nitrogens with one attached hydrogen (secondary N) is 1. The summed E-state index contributed by atoms with van der Waals surface area (Å²) < 4.78 is 0. The van der Waals surface area contributed by atoms with Crippen molar-refractivity contribution >= 4 is 11.8 Å². The van der Waals surface area contributed by atoms with Crippen LogP contribution in [0.1, 0.15) is 32.1 Å². The van der Waals surface area contributed by atoms with Crippen LogP contribution in [0.5, 0.6) is 0 Å². The largest absolute Gasteiger partial charge is 0.356 e. The van der Waals surface area contributed by atoms with Crippen molar-refractivity contribution in [3.8, 4) is 0 Å². The fourth-order valence-electron chi connectivity index (χ4n) is 3.38. The Morgan fingerprint density at radius 2 is 1.94 bits per heavy atom. The van der Waals surface area contributed by atoms with Crippen LogP contribution in [0.2, 0.25) is 0 Å². The second-order valence-electron chi connectivity index (χ2n) is 5.92. The van der Waals surface area contributed by atoms with Gasteiger partial charge in [0.05, 0.1) is 0 Å². The molecule has 0 aromatic carbocycles. The number of carbonyl (C=O) groups excluding carboxylic acids is 2. The van der Waals surface area contributed by atoms with E-state index < -0.39 is 0 Å². The first-order chi connectivity index (χ1) is 8.69. The minimum atomic E-state index is 0.141. The Bertz CT molecular complexity index is 387. The standard InChI is InChI=1S/C14H20N2O2/c17-12-9-14(10-15-12)5-7-16(8-6-14)13(18)11-3-1-2-4-11/h1-2,11H,3-10H2,(H,15,17). The summed E-state index contributed by atoms with van der Waals surface area (Å²) in [5.41, 5.74) is 0.141. The number of nitrogens with zero attached hydrogens (tertiary/aromatic N) is 1. The van der Waals surface area contributed by atoms with Gasteiger partial charge in [-0.15, -0.1) is 0 Å². The fraction of sp³-hybridized carbons (Fsp3) is 0.714. The van der Waals surface area contributed by atoms with E-state index in [1.807, 2.05) is 4.90 Å². The highest BCUT2D eigenvalue weighted by Gasteiger charge is 2.42. The molecule has 2 heterocycles. The lowest BCUT2D eigenvalue weighted by atomic mass is 9.77. The Balaban J connectivity index is 1.56. The van der Waals surface area contributed by atoms with Gasteiger partial charge in [0.1, 0.15) is 0 Å². The van der Waals surface area contributed by atoms with Gasteiger partial charge < -0.3 is 10.2 Å². The lowest BCUT2D eigenvalue weighted by molar-refractivity contribution is -0.137. The number of rotatable bonds is 1. The predicted molar refractivity (Wildman–Crippen MR) is 67.7 cm³/mol. The first-order valence-electron chi connectivity index (χ1n) is 6.89. The van der Waals surface area contributed by atoms with Crippen molar-refractivity contribution in [3.05, 3.63) is 12.2 Å². The summed E-state index contributed by atoms with van der Waals surface area (Å²) in [6.45, 7) is 2.45. The van der Waals surface area contributed by atoms with Gasteiger partial charge in [0.25, 0.3) is 0 Å². The van der Waals surface area contributed by atoms with E-state index in [1.54, 1.807) is 0 Å². The second-order valence-corrected chi connectivity index (χ2v) is 5.92. The lowest BCUT2D eigenvalue weighted by Gasteiger charge is -2.39. The van der Waals surface area contributed by atoms with Crippen molar-refractivity contribution in [2.45, 2.75) is 32.1 Å². The molecule has 0 bridgehead atoms. The molecular formula is C14H20N2O2. The number of piperidine rings is 1. The third kappa shape index (κ3) is 2.04. The molecule has 98 valence electrons. The molecule has 2 saturated heterocycles. The van der Waals surface area contributed by atoms with E-state index in [-0.39, 0.29) is 17.2 Å². The van der Waals surface area contributed by atoms with Crippen LogP contribution in [0.3, 0.4) is 0 Å². The third-order valence-corrected chi connectivity index (χ3v) is 4.69.